The summed E-state index contributed by atoms with van der Waals surface area (Å²) in [6.07, 6.45) is 0.229. The summed E-state index contributed by atoms with van der Waals surface area (Å²) in [4.78, 5) is 30.3. The Labute approximate surface area is 279 Å². The van der Waals surface area contributed by atoms with Crippen LogP contribution >= 0.6 is 0 Å². The molecule has 0 bridgehead atoms. The molecule has 1 N–H and O–H groups in total. The number of ether oxygens (including phenoxy) is 1. The van der Waals surface area contributed by atoms with Gasteiger partial charge in [-0.2, -0.15) is 0 Å². The van der Waals surface area contributed by atoms with E-state index in [4.69, 9.17) is 4.74 Å². The molecule has 4 rings (SSSR count). The Balaban J connectivity index is 1.85. The third-order valence-corrected chi connectivity index (χ3v) is 9.43. The first-order valence-corrected chi connectivity index (χ1v) is 17.1. The summed E-state index contributed by atoms with van der Waals surface area (Å²) >= 11 is 0. The van der Waals surface area contributed by atoms with Crippen LogP contribution in [-0.4, -0.2) is 50.4 Å². The maximum absolute atomic E-state index is 14.7. The first-order chi connectivity index (χ1) is 22.2. The number of aryl methyl sites for hydroxylation is 3. The largest absolute Gasteiger partial charge is 0.497 e. The van der Waals surface area contributed by atoms with Crippen molar-refractivity contribution in [3.05, 3.63) is 125 Å². The van der Waals surface area contributed by atoms with Crippen molar-refractivity contribution >= 4 is 27.5 Å². The fourth-order valence-electron chi connectivity index (χ4n) is 5.44. The van der Waals surface area contributed by atoms with E-state index in [0.717, 1.165) is 32.1 Å². The van der Waals surface area contributed by atoms with Crippen molar-refractivity contribution in [1.82, 2.24) is 10.2 Å². The minimum Gasteiger partial charge on any atom is -0.497 e. The number of nitrogens with zero attached hydrogens (tertiary/aromatic N) is 2. The number of rotatable bonds is 12. The summed E-state index contributed by atoms with van der Waals surface area (Å²) in [7, 11) is -2.62. The maximum atomic E-state index is 14.7. The molecule has 0 radical (unpaired) electrons. The number of carbonyl (C=O) groups excluding carboxylic acids is 2. The van der Waals surface area contributed by atoms with Gasteiger partial charge in [0.15, 0.2) is 0 Å². The van der Waals surface area contributed by atoms with Gasteiger partial charge in [-0.1, -0.05) is 66.2 Å². The highest BCUT2D eigenvalue weighted by Crippen LogP contribution is 2.28. The smallest absolute Gasteiger partial charge is 0.264 e. The lowest BCUT2D eigenvalue weighted by atomic mass is 10.0. The van der Waals surface area contributed by atoms with E-state index < -0.39 is 34.1 Å². The lowest BCUT2D eigenvalue weighted by Gasteiger charge is -2.35. The molecular weight excluding hydrogens is 611 g/mol. The van der Waals surface area contributed by atoms with Crippen LogP contribution < -0.4 is 14.4 Å². The lowest BCUT2D eigenvalue weighted by Crippen LogP contribution is -2.56. The van der Waals surface area contributed by atoms with Gasteiger partial charge in [-0.15, -0.1) is 0 Å². The Morgan fingerprint density at radius 2 is 1.40 bits per heavy atom. The third-order valence-electron chi connectivity index (χ3n) is 7.64. The molecule has 0 fully saturated rings. The van der Waals surface area contributed by atoms with Crippen molar-refractivity contribution in [3.63, 3.8) is 0 Å². The molecule has 0 aliphatic carbocycles. The average Bonchev–Trinajstić information content (AvgIpc) is 3.00. The van der Waals surface area contributed by atoms with E-state index in [9.17, 15) is 18.0 Å². The number of anilines is 1. The first kappa shape index (κ1) is 35.2. The van der Waals surface area contributed by atoms with Crippen molar-refractivity contribution < 1.29 is 22.7 Å². The van der Waals surface area contributed by atoms with Gasteiger partial charge in [0, 0.05) is 18.5 Å². The molecular formula is C38H45N3O5S. The van der Waals surface area contributed by atoms with E-state index in [2.05, 4.69) is 5.32 Å². The first-order valence-electron chi connectivity index (χ1n) is 15.6. The molecule has 2 amide bonds. The topological polar surface area (TPSA) is 96.0 Å². The van der Waals surface area contributed by atoms with Gasteiger partial charge in [-0.3, -0.25) is 13.9 Å². The Bertz CT molecular complexity index is 1780. The Morgan fingerprint density at radius 3 is 2.00 bits per heavy atom. The summed E-state index contributed by atoms with van der Waals surface area (Å²) < 4.78 is 35.2. The Morgan fingerprint density at radius 1 is 0.787 bits per heavy atom. The van der Waals surface area contributed by atoms with Crippen molar-refractivity contribution in [2.75, 3.05) is 18.0 Å². The molecule has 47 heavy (non-hydrogen) atoms. The molecule has 4 aromatic rings. The third kappa shape index (κ3) is 9.45. The van der Waals surface area contributed by atoms with E-state index in [-0.39, 0.29) is 23.8 Å². The van der Waals surface area contributed by atoms with Gasteiger partial charge < -0.3 is 15.0 Å². The maximum Gasteiger partial charge on any atom is 0.264 e. The summed E-state index contributed by atoms with van der Waals surface area (Å²) in [6.45, 7) is 10.8. The SMILES string of the molecule is COc1cccc(CN(C(=O)CN(c2cc(C)cc(C)c2)S(=O)(=O)c2ccc(C)cc2)[C@@H](Cc2ccccc2)C(=O)NC(C)(C)C)c1. The number of hydrogen-bond donors (Lipinski definition) is 1. The molecule has 4 aromatic carbocycles. The quantitative estimate of drug-likeness (QED) is 0.191. The monoisotopic (exact) mass is 655 g/mol. The Kier molecular flexibility index (Phi) is 11.1. The van der Waals surface area contributed by atoms with Crippen molar-refractivity contribution in [1.29, 1.82) is 0 Å². The molecule has 9 heteroatoms. The predicted octanol–water partition coefficient (Wildman–Crippen LogP) is 6.37. The number of carbonyl (C=O) groups is 2. The van der Waals surface area contributed by atoms with Crippen molar-refractivity contribution in [2.24, 2.45) is 0 Å². The normalized spacial score (nSPS) is 12.2. The van der Waals surface area contributed by atoms with Crippen LogP contribution in [0, 0.1) is 20.8 Å². The molecule has 8 nitrogen and oxygen atoms in total. The van der Waals surface area contributed by atoms with Gasteiger partial charge in [0.05, 0.1) is 17.7 Å². The highest BCUT2D eigenvalue weighted by Gasteiger charge is 2.35. The minimum atomic E-state index is -4.18. The second-order valence-electron chi connectivity index (χ2n) is 13.0. The van der Waals surface area contributed by atoms with Crippen LogP contribution in [0.2, 0.25) is 0 Å². The second kappa shape index (κ2) is 14.9. The van der Waals surface area contributed by atoms with Gasteiger partial charge in [0.1, 0.15) is 18.3 Å². The molecule has 0 aliphatic heterocycles. The number of sulfonamides is 1. The van der Waals surface area contributed by atoms with Gasteiger partial charge in [0.25, 0.3) is 10.0 Å². The van der Waals surface area contributed by atoms with Crippen LogP contribution in [0.3, 0.4) is 0 Å². The van der Waals surface area contributed by atoms with Crippen LogP contribution in [0.15, 0.2) is 102 Å². The number of benzene rings is 4. The number of nitrogens with one attached hydrogen (secondary N) is 1. The molecule has 0 aromatic heterocycles. The summed E-state index contributed by atoms with van der Waals surface area (Å²) in [5, 5.41) is 3.06. The highest BCUT2D eigenvalue weighted by molar-refractivity contribution is 7.92. The highest BCUT2D eigenvalue weighted by atomic mass is 32.2. The minimum absolute atomic E-state index is 0.0519. The van der Waals surface area contributed by atoms with Gasteiger partial charge >= 0.3 is 0 Å². The number of amides is 2. The van der Waals surface area contributed by atoms with Crippen molar-refractivity contribution in [3.8, 4) is 5.75 Å². The van der Waals surface area contributed by atoms with Crippen LogP contribution in [-0.2, 0) is 32.6 Å². The van der Waals surface area contributed by atoms with Gasteiger partial charge in [-0.05, 0) is 100 Å². The lowest BCUT2D eigenvalue weighted by molar-refractivity contribution is -0.140. The van der Waals surface area contributed by atoms with Crippen molar-refractivity contribution in [2.45, 2.75) is 71.0 Å². The number of methoxy groups -OCH3 is 1. The molecule has 0 spiro atoms. The Hall–Kier alpha value is -4.63. The molecule has 0 heterocycles. The van der Waals surface area contributed by atoms with E-state index in [1.165, 1.54) is 4.90 Å². The fourth-order valence-corrected chi connectivity index (χ4v) is 6.83. The van der Waals surface area contributed by atoms with Gasteiger partial charge in [0.2, 0.25) is 11.8 Å². The van der Waals surface area contributed by atoms with Gasteiger partial charge in [-0.25, -0.2) is 8.42 Å². The van der Waals surface area contributed by atoms with E-state index >= 15 is 0 Å². The predicted molar refractivity (Wildman–Crippen MR) is 187 cm³/mol. The summed E-state index contributed by atoms with van der Waals surface area (Å²) in [6, 6.07) is 27.9. The zero-order valence-electron chi connectivity index (χ0n) is 28.3. The van der Waals surface area contributed by atoms with Crippen LogP contribution in [0.4, 0.5) is 5.69 Å². The zero-order valence-corrected chi connectivity index (χ0v) is 29.1. The fraction of sp³-hybridized carbons (Fsp3) is 0.316. The molecule has 0 saturated carbocycles. The average molecular weight is 656 g/mol. The van der Waals surface area contributed by atoms with E-state index in [1.54, 1.807) is 49.6 Å². The molecule has 0 aliphatic rings. The molecule has 0 unspecified atom stereocenters. The summed E-state index contributed by atoms with van der Waals surface area (Å²) in [5.74, 6) is -0.253. The molecule has 0 saturated heterocycles. The molecule has 248 valence electrons. The zero-order chi connectivity index (χ0) is 34.4. The number of hydrogen-bond acceptors (Lipinski definition) is 5. The van der Waals surface area contributed by atoms with Crippen LogP contribution in [0.25, 0.3) is 0 Å². The van der Waals surface area contributed by atoms with E-state index in [0.29, 0.717) is 11.4 Å². The summed E-state index contributed by atoms with van der Waals surface area (Å²) in [5.41, 5.74) is 4.03. The van der Waals surface area contributed by atoms with Crippen LogP contribution in [0.1, 0.15) is 48.6 Å². The standard InChI is InChI=1S/C38H45N3O5S/c1-27-16-18-34(19-17-27)47(44,45)41(32-21-28(2)20-29(3)22-32)26-36(42)40(25-31-14-11-15-33(23-31)46-7)35(37(43)39-38(4,5)6)24-30-12-9-8-10-13-30/h8-23,35H,24-26H2,1-7H3,(H,39,43)/t35-/m0/s1. The second-order valence-corrected chi connectivity index (χ2v) is 14.9. The molecule has 1 atom stereocenters. The van der Waals surface area contributed by atoms with Crippen LogP contribution in [0.5, 0.6) is 5.75 Å². The van der Waals surface area contributed by atoms with E-state index in [1.807, 2.05) is 96.1 Å².